The van der Waals surface area contributed by atoms with Gasteiger partial charge >= 0.3 is 0 Å². The van der Waals surface area contributed by atoms with Crippen molar-refractivity contribution in [1.29, 1.82) is 0 Å². The molecule has 4 nitrogen and oxygen atoms in total. The van der Waals surface area contributed by atoms with E-state index in [2.05, 4.69) is 15.8 Å². The molecule has 0 atom stereocenters. The lowest BCUT2D eigenvalue weighted by atomic mass is 10.1. The molecule has 0 aliphatic carbocycles. The number of furan rings is 1. The van der Waals surface area contributed by atoms with Crippen LogP contribution in [0.2, 0.25) is 0 Å². The number of hydrogen-bond donors (Lipinski definition) is 0. The summed E-state index contributed by atoms with van der Waals surface area (Å²) < 4.78 is 13.0. The van der Waals surface area contributed by atoms with Crippen LogP contribution in [0.5, 0.6) is 0 Å². The Labute approximate surface area is 100 Å². The molecule has 2 aromatic heterocycles. The zero-order chi connectivity index (χ0) is 11.7. The second-order valence-corrected chi connectivity index (χ2v) is 4.44. The topological polar surface area (TPSA) is 40.2 Å². The predicted molar refractivity (Wildman–Crippen MR) is 63.8 cm³/mol. The van der Waals surface area contributed by atoms with Crippen LogP contribution in [-0.2, 0) is 4.74 Å². The third-order valence-electron chi connectivity index (χ3n) is 3.17. The van der Waals surface area contributed by atoms with Gasteiger partial charge in [0.2, 0.25) is 0 Å². The molecule has 4 heteroatoms. The minimum absolute atomic E-state index is 0.428. The van der Waals surface area contributed by atoms with Gasteiger partial charge in [-0.15, -0.1) is 0 Å². The Balaban J connectivity index is 1.98. The van der Waals surface area contributed by atoms with E-state index in [-0.39, 0.29) is 0 Å². The first-order chi connectivity index (χ1) is 8.34. The van der Waals surface area contributed by atoms with Crippen molar-refractivity contribution in [3.05, 3.63) is 30.2 Å². The first kappa shape index (κ1) is 10.6. The van der Waals surface area contributed by atoms with Gasteiger partial charge in [0.25, 0.3) is 0 Å². The van der Waals surface area contributed by atoms with Gasteiger partial charge in [-0.2, -0.15) is 5.10 Å². The van der Waals surface area contributed by atoms with E-state index in [1.54, 1.807) is 6.26 Å². The Morgan fingerprint density at radius 3 is 2.88 bits per heavy atom. The van der Waals surface area contributed by atoms with Crippen molar-refractivity contribution in [3.8, 4) is 11.5 Å². The van der Waals surface area contributed by atoms with Crippen molar-refractivity contribution in [2.24, 2.45) is 0 Å². The molecule has 3 rings (SSSR count). The third kappa shape index (κ3) is 2.00. The van der Waals surface area contributed by atoms with Crippen LogP contribution in [0.4, 0.5) is 0 Å². The van der Waals surface area contributed by atoms with Crippen molar-refractivity contribution >= 4 is 0 Å². The van der Waals surface area contributed by atoms with E-state index in [0.29, 0.717) is 6.04 Å². The maximum atomic E-state index is 5.47. The van der Waals surface area contributed by atoms with Gasteiger partial charge in [0.1, 0.15) is 5.69 Å². The molecule has 90 valence electrons. The average molecular weight is 232 g/mol. The van der Waals surface area contributed by atoms with Gasteiger partial charge in [-0.05, 0) is 38.0 Å². The molecule has 0 radical (unpaired) electrons. The van der Waals surface area contributed by atoms with Gasteiger partial charge in [0, 0.05) is 13.2 Å². The highest BCUT2D eigenvalue weighted by Gasteiger charge is 2.21. The maximum Gasteiger partial charge on any atom is 0.151 e. The van der Waals surface area contributed by atoms with E-state index in [4.69, 9.17) is 9.15 Å². The van der Waals surface area contributed by atoms with E-state index in [9.17, 15) is 0 Å². The van der Waals surface area contributed by atoms with Gasteiger partial charge in [0.05, 0.1) is 18.0 Å². The predicted octanol–water partition coefficient (Wildman–Crippen LogP) is 2.80. The van der Waals surface area contributed by atoms with Gasteiger partial charge in [0.15, 0.2) is 5.76 Å². The fraction of sp³-hybridized carbons (Fsp3) is 0.462. The summed E-state index contributed by atoms with van der Waals surface area (Å²) in [6, 6.07) is 6.39. The second kappa shape index (κ2) is 4.37. The summed E-state index contributed by atoms with van der Waals surface area (Å²) in [5.74, 6) is 0.886. The van der Waals surface area contributed by atoms with Crippen LogP contribution in [-0.4, -0.2) is 23.0 Å². The summed E-state index contributed by atoms with van der Waals surface area (Å²) in [4.78, 5) is 0. The summed E-state index contributed by atoms with van der Waals surface area (Å²) in [6.07, 6.45) is 3.75. The minimum atomic E-state index is 0.428. The fourth-order valence-electron chi connectivity index (χ4n) is 2.33. The smallest absolute Gasteiger partial charge is 0.151 e. The molecular weight excluding hydrogens is 216 g/mol. The van der Waals surface area contributed by atoms with Gasteiger partial charge in [-0.1, -0.05) is 0 Å². The molecule has 0 amide bonds. The molecule has 0 N–H and O–H groups in total. The Hall–Kier alpha value is -1.55. The molecule has 2 aromatic rings. The number of aryl methyl sites for hydroxylation is 1. The zero-order valence-corrected chi connectivity index (χ0v) is 9.93. The number of hydrogen-bond acceptors (Lipinski definition) is 3. The largest absolute Gasteiger partial charge is 0.463 e. The van der Waals surface area contributed by atoms with E-state index < -0.39 is 0 Å². The van der Waals surface area contributed by atoms with E-state index >= 15 is 0 Å². The number of ether oxygens (including phenoxy) is 1. The molecule has 0 aromatic carbocycles. The molecule has 0 spiro atoms. The van der Waals surface area contributed by atoms with Crippen LogP contribution in [0, 0.1) is 6.92 Å². The Morgan fingerprint density at radius 2 is 2.18 bits per heavy atom. The monoisotopic (exact) mass is 232 g/mol. The zero-order valence-electron chi connectivity index (χ0n) is 9.93. The Morgan fingerprint density at radius 1 is 1.35 bits per heavy atom. The Kier molecular flexibility index (Phi) is 2.73. The van der Waals surface area contributed by atoms with Gasteiger partial charge < -0.3 is 9.15 Å². The highest BCUT2D eigenvalue weighted by Crippen LogP contribution is 2.28. The lowest BCUT2D eigenvalue weighted by Gasteiger charge is -2.23. The molecule has 1 aliphatic rings. The molecular formula is C13H16N2O2. The standard InChI is InChI=1S/C13H16N2O2/c1-10-9-12(13-3-2-6-17-13)15(14-10)11-4-7-16-8-5-11/h2-3,6,9,11H,4-5,7-8H2,1H3. The highest BCUT2D eigenvalue weighted by atomic mass is 16.5. The summed E-state index contributed by atoms with van der Waals surface area (Å²) in [7, 11) is 0. The van der Waals surface area contributed by atoms with Gasteiger partial charge in [-0.25, -0.2) is 0 Å². The first-order valence-corrected chi connectivity index (χ1v) is 6.02. The van der Waals surface area contributed by atoms with Crippen LogP contribution in [0.15, 0.2) is 28.9 Å². The van der Waals surface area contributed by atoms with Gasteiger partial charge in [-0.3, -0.25) is 4.68 Å². The normalized spacial score (nSPS) is 17.5. The Bertz CT molecular complexity index is 481. The van der Waals surface area contributed by atoms with Crippen LogP contribution >= 0.6 is 0 Å². The third-order valence-corrected chi connectivity index (χ3v) is 3.17. The van der Waals surface area contributed by atoms with Crippen LogP contribution in [0.1, 0.15) is 24.6 Å². The molecule has 1 saturated heterocycles. The minimum Gasteiger partial charge on any atom is -0.463 e. The summed E-state index contributed by atoms with van der Waals surface area (Å²) in [5, 5.41) is 4.59. The van der Waals surface area contributed by atoms with Crippen LogP contribution in [0.25, 0.3) is 11.5 Å². The second-order valence-electron chi connectivity index (χ2n) is 4.44. The highest BCUT2D eigenvalue weighted by molar-refractivity contribution is 5.53. The molecule has 1 aliphatic heterocycles. The number of aromatic nitrogens is 2. The van der Waals surface area contributed by atoms with Crippen LogP contribution in [0.3, 0.4) is 0 Å². The first-order valence-electron chi connectivity index (χ1n) is 6.02. The van der Waals surface area contributed by atoms with E-state index in [1.165, 1.54) is 0 Å². The summed E-state index contributed by atoms with van der Waals surface area (Å²) in [6.45, 7) is 3.66. The molecule has 3 heterocycles. The van der Waals surface area contributed by atoms with Crippen molar-refractivity contribution < 1.29 is 9.15 Å². The molecule has 1 fully saturated rings. The fourth-order valence-corrected chi connectivity index (χ4v) is 2.33. The van der Waals surface area contributed by atoms with Crippen LogP contribution < -0.4 is 0 Å². The van der Waals surface area contributed by atoms with Crippen molar-refractivity contribution in [1.82, 2.24) is 9.78 Å². The lowest BCUT2D eigenvalue weighted by molar-refractivity contribution is 0.0665. The molecule has 17 heavy (non-hydrogen) atoms. The number of rotatable bonds is 2. The van der Waals surface area contributed by atoms with Crippen molar-refractivity contribution in [2.45, 2.75) is 25.8 Å². The summed E-state index contributed by atoms with van der Waals surface area (Å²) >= 11 is 0. The quantitative estimate of drug-likeness (QED) is 0.799. The average Bonchev–Trinajstić information content (AvgIpc) is 2.98. The van der Waals surface area contributed by atoms with Crippen molar-refractivity contribution in [3.63, 3.8) is 0 Å². The summed E-state index contributed by atoms with van der Waals surface area (Å²) in [5.41, 5.74) is 2.10. The molecule has 0 unspecified atom stereocenters. The van der Waals surface area contributed by atoms with E-state index in [0.717, 1.165) is 43.2 Å². The number of nitrogens with zero attached hydrogens (tertiary/aromatic N) is 2. The maximum absolute atomic E-state index is 5.47. The van der Waals surface area contributed by atoms with E-state index in [1.807, 2.05) is 19.1 Å². The lowest BCUT2D eigenvalue weighted by Crippen LogP contribution is -2.21. The molecule has 0 bridgehead atoms. The SMILES string of the molecule is Cc1cc(-c2ccco2)n(C2CCOCC2)n1. The van der Waals surface area contributed by atoms with Crippen molar-refractivity contribution in [2.75, 3.05) is 13.2 Å². The molecule has 0 saturated carbocycles.